The Kier molecular flexibility index (Phi) is 7.22. The number of carbonyl (C=O) groups is 1. The molecule has 0 saturated carbocycles. The minimum Gasteiger partial charge on any atom is -0.357 e. The highest BCUT2D eigenvalue weighted by Crippen LogP contribution is 2.19. The van der Waals surface area contributed by atoms with Crippen LogP contribution < -0.4 is 20.4 Å². The number of nitrogens with one attached hydrogen (secondary N) is 2. The molecule has 2 fully saturated rings. The molecule has 0 bridgehead atoms. The van der Waals surface area contributed by atoms with E-state index in [1.807, 2.05) is 31.3 Å². The molecule has 7 heteroatoms. The van der Waals surface area contributed by atoms with Crippen LogP contribution in [-0.2, 0) is 6.54 Å². The lowest BCUT2D eigenvalue weighted by atomic mass is 10.1. The number of piperidine rings is 1. The Hall–Kier alpha value is -2.83. The largest absolute Gasteiger partial charge is 0.357 e. The molecule has 2 N–H and O–H groups in total. The summed E-state index contributed by atoms with van der Waals surface area (Å²) in [5.74, 6) is 2.06. The lowest BCUT2D eigenvalue weighted by molar-refractivity contribution is 0.234. The summed E-state index contributed by atoms with van der Waals surface area (Å²) < 4.78 is 0. The van der Waals surface area contributed by atoms with E-state index in [-0.39, 0.29) is 12.1 Å². The van der Waals surface area contributed by atoms with Crippen LogP contribution in [-0.4, -0.2) is 48.2 Å². The molecule has 4 heterocycles. The summed E-state index contributed by atoms with van der Waals surface area (Å²) in [6, 6.07) is 10.3. The molecule has 0 aromatic carbocycles. The van der Waals surface area contributed by atoms with Crippen LogP contribution in [0.1, 0.15) is 49.8 Å². The van der Waals surface area contributed by atoms with E-state index in [0.717, 1.165) is 61.9 Å². The molecule has 2 aliphatic rings. The number of hydrogen-bond acceptors (Lipinski definition) is 5. The highest BCUT2D eigenvalue weighted by atomic mass is 16.2. The zero-order valence-electron chi connectivity index (χ0n) is 18.5. The van der Waals surface area contributed by atoms with Crippen molar-refractivity contribution in [2.75, 3.05) is 36.0 Å². The molecule has 0 aliphatic carbocycles. The third kappa shape index (κ3) is 6.09. The highest BCUT2D eigenvalue weighted by molar-refractivity contribution is 5.74. The summed E-state index contributed by atoms with van der Waals surface area (Å²) in [7, 11) is 0. The summed E-state index contributed by atoms with van der Waals surface area (Å²) in [4.78, 5) is 26.3. The Morgan fingerprint density at radius 1 is 1.00 bits per heavy atom. The summed E-state index contributed by atoms with van der Waals surface area (Å²) >= 11 is 0. The van der Waals surface area contributed by atoms with Gasteiger partial charge in [0.25, 0.3) is 0 Å². The van der Waals surface area contributed by atoms with Crippen LogP contribution in [0.5, 0.6) is 0 Å². The maximum Gasteiger partial charge on any atom is 0.315 e. The third-order valence-corrected chi connectivity index (χ3v) is 6.22. The van der Waals surface area contributed by atoms with Crippen LogP contribution in [0.25, 0.3) is 0 Å². The number of nitrogens with zero attached hydrogens (tertiary/aromatic N) is 4. The quantitative estimate of drug-likeness (QED) is 0.770. The second-order valence-corrected chi connectivity index (χ2v) is 8.65. The van der Waals surface area contributed by atoms with Crippen molar-refractivity contribution in [1.29, 1.82) is 0 Å². The first-order chi connectivity index (χ1) is 15.2. The molecule has 4 rings (SSSR count). The standard InChI is InChI=1S/C24H34N6O/c1-19-7-6-8-22(27-19)30-15-10-21(11-16-30)28-24(31)26-18-20-9-12-25-23(17-20)29-13-4-2-3-5-14-29/h6-9,12,17,21H,2-5,10-11,13-16,18H2,1H3,(H2,26,28,31). The summed E-state index contributed by atoms with van der Waals surface area (Å²) in [5, 5.41) is 6.15. The molecule has 0 unspecified atom stereocenters. The van der Waals surface area contributed by atoms with E-state index in [1.165, 1.54) is 25.7 Å². The van der Waals surface area contributed by atoms with Gasteiger partial charge in [-0.1, -0.05) is 18.9 Å². The van der Waals surface area contributed by atoms with E-state index in [4.69, 9.17) is 0 Å². The van der Waals surface area contributed by atoms with E-state index < -0.39 is 0 Å². The Bertz CT molecular complexity index is 857. The van der Waals surface area contributed by atoms with Gasteiger partial charge in [-0.05, 0) is 62.4 Å². The van der Waals surface area contributed by atoms with Gasteiger partial charge < -0.3 is 20.4 Å². The van der Waals surface area contributed by atoms with Gasteiger partial charge in [-0.25, -0.2) is 14.8 Å². The van der Waals surface area contributed by atoms with Gasteiger partial charge in [-0.3, -0.25) is 0 Å². The molecule has 0 atom stereocenters. The van der Waals surface area contributed by atoms with Crippen LogP contribution in [0.2, 0.25) is 0 Å². The van der Waals surface area contributed by atoms with Crippen LogP contribution in [0.15, 0.2) is 36.5 Å². The second-order valence-electron chi connectivity index (χ2n) is 8.65. The first-order valence-electron chi connectivity index (χ1n) is 11.6. The van der Waals surface area contributed by atoms with Gasteiger partial charge in [0.05, 0.1) is 0 Å². The van der Waals surface area contributed by atoms with Gasteiger partial charge in [0.15, 0.2) is 0 Å². The van der Waals surface area contributed by atoms with Crippen molar-refractivity contribution in [3.63, 3.8) is 0 Å². The zero-order chi connectivity index (χ0) is 21.5. The second kappa shape index (κ2) is 10.5. The fraction of sp³-hybridized carbons (Fsp3) is 0.542. The lowest BCUT2D eigenvalue weighted by Gasteiger charge is -2.33. The van der Waals surface area contributed by atoms with Gasteiger partial charge >= 0.3 is 6.03 Å². The molecule has 0 radical (unpaired) electrons. The Balaban J connectivity index is 1.22. The van der Waals surface area contributed by atoms with E-state index in [0.29, 0.717) is 6.54 Å². The molecular weight excluding hydrogens is 388 g/mol. The van der Waals surface area contributed by atoms with Crippen LogP contribution in [0.4, 0.5) is 16.4 Å². The molecule has 2 aromatic heterocycles. The molecule has 0 spiro atoms. The van der Waals surface area contributed by atoms with Crippen molar-refractivity contribution >= 4 is 17.7 Å². The number of aryl methyl sites for hydroxylation is 1. The number of rotatable bonds is 5. The van der Waals surface area contributed by atoms with Crippen molar-refractivity contribution in [2.45, 2.75) is 58.0 Å². The van der Waals surface area contributed by atoms with Crippen molar-refractivity contribution in [2.24, 2.45) is 0 Å². The first-order valence-corrected chi connectivity index (χ1v) is 11.6. The van der Waals surface area contributed by atoms with Gasteiger partial charge in [-0.2, -0.15) is 0 Å². The molecule has 7 nitrogen and oxygen atoms in total. The number of pyridine rings is 2. The van der Waals surface area contributed by atoms with Crippen LogP contribution in [0.3, 0.4) is 0 Å². The molecular formula is C24H34N6O. The van der Waals surface area contributed by atoms with Crippen LogP contribution >= 0.6 is 0 Å². The Morgan fingerprint density at radius 3 is 2.48 bits per heavy atom. The highest BCUT2D eigenvalue weighted by Gasteiger charge is 2.21. The number of urea groups is 1. The third-order valence-electron chi connectivity index (χ3n) is 6.22. The average Bonchev–Trinajstić information content (AvgIpc) is 3.08. The molecule has 2 aromatic rings. The van der Waals surface area contributed by atoms with Crippen molar-refractivity contribution in [3.8, 4) is 0 Å². The molecule has 2 saturated heterocycles. The predicted molar refractivity (Wildman–Crippen MR) is 124 cm³/mol. The first kappa shape index (κ1) is 21.4. The summed E-state index contributed by atoms with van der Waals surface area (Å²) in [5.41, 5.74) is 2.12. The van der Waals surface area contributed by atoms with Crippen LogP contribution in [0, 0.1) is 6.92 Å². The molecule has 2 aliphatic heterocycles. The minimum atomic E-state index is -0.0970. The number of aromatic nitrogens is 2. The van der Waals surface area contributed by atoms with E-state index in [1.54, 1.807) is 0 Å². The fourth-order valence-electron chi connectivity index (χ4n) is 4.42. The Labute approximate surface area is 185 Å². The van der Waals surface area contributed by atoms with Crippen molar-refractivity contribution in [3.05, 3.63) is 47.8 Å². The fourth-order valence-corrected chi connectivity index (χ4v) is 4.42. The molecule has 31 heavy (non-hydrogen) atoms. The average molecular weight is 423 g/mol. The molecule has 166 valence electrons. The predicted octanol–water partition coefficient (Wildman–Crippen LogP) is 3.63. The van der Waals surface area contributed by atoms with E-state index in [2.05, 4.69) is 42.5 Å². The number of hydrogen-bond donors (Lipinski definition) is 2. The minimum absolute atomic E-state index is 0.0970. The lowest BCUT2D eigenvalue weighted by Crippen LogP contribution is -2.48. The van der Waals surface area contributed by atoms with Gasteiger partial charge in [0, 0.05) is 50.7 Å². The van der Waals surface area contributed by atoms with Crippen molar-refractivity contribution in [1.82, 2.24) is 20.6 Å². The van der Waals surface area contributed by atoms with E-state index in [9.17, 15) is 4.79 Å². The number of anilines is 2. The molecule has 2 amide bonds. The summed E-state index contributed by atoms with van der Waals surface area (Å²) in [6.07, 6.45) is 8.77. The van der Waals surface area contributed by atoms with E-state index >= 15 is 0 Å². The SMILES string of the molecule is Cc1cccc(N2CCC(NC(=O)NCc3ccnc(N4CCCCCC4)c3)CC2)n1. The topological polar surface area (TPSA) is 73.4 Å². The number of carbonyl (C=O) groups excluding carboxylic acids is 1. The number of amides is 2. The van der Waals surface area contributed by atoms with Gasteiger partial charge in [0.2, 0.25) is 0 Å². The maximum absolute atomic E-state index is 12.4. The Morgan fingerprint density at radius 2 is 1.74 bits per heavy atom. The van der Waals surface area contributed by atoms with Crippen molar-refractivity contribution < 1.29 is 4.79 Å². The van der Waals surface area contributed by atoms with Gasteiger partial charge in [0.1, 0.15) is 11.6 Å². The monoisotopic (exact) mass is 422 g/mol. The normalized spacial score (nSPS) is 17.8. The van der Waals surface area contributed by atoms with Gasteiger partial charge in [-0.15, -0.1) is 0 Å². The summed E-state index contributed by atoms with van der Waals surface area (Å²) in [6.45, 7) is 6.49. The zero-order valence-corrected chi connectivity index (χ0v) is 18.5. The maximum atomic E-state index is 12.4. The smallest absolute Gasteiger partial charge is 0.315 e.